The van der Waals surface area contributed by atoms with Crippen molar-refractivity contribution in [2.45, 2.75) is 0 Å². The number of nitrogens with zero attached hydrogens (tertiary/aromatic N) is 1. The molecule has 0 spiro atoms. The molecule has 0 saturated carbocycles. The number of hydrogen-bond acceptors (Lipinski definition) is 3. The van der Waals surface area contributed by atoms with Crippen LogP contribution in [0.4, 0.5) is 0 Å². The Hall–Kier alpha value is -1.45. The number of nitrogens with two attached hydrogens (primary N) is 2. The van der Waals surface area contributed by atoms with E-state index in [2.05, 4.69) is 28.8 Å². The summed E-state index contributed by atoms with van der Waals surface area (Å²) in [5, 5.41) is 2.45. The third-order valence-electron chi connectivity index (χ3n) is 1.55. The molecule has 3 nitrogen and oxygen atoms in total. The van der Waals surface area contributed by atoms with Gasteiger partial charge in [0.15, 0.2) is 0 Å². The maximum absolute atomic E-state index is 4.01. The van der Waals surface area contributed by atoms with Crippen LogP contribution in [0, 0.1) is 0 Å². The van der Waals surface area contributed by atoms with Gasteiger partial charge in [0.2, 0.25) is 0 Å². The Morgan fingerprint density at radius 3 is 2.25 bits per heavy atom. The number of hydrazine groups is 1. The molecule has 1 aromatic carbocycles. The summed E-state index contributed by atoms with van der Waals surface area (Å²) >= 11 is 0. The molecule has 0 amide bonds. The summed E-state index contributed by atoms with van der Waals surface area (Å²) in [6.45, 7) is 0. The quantitative estimate of drug-likeness (QED) is 0.448. The molecule has 0 aliphatic carbocycles. The zero-order valence-corrected chi connectivity index (χ0v) is 6.64. The minimum atomic E-state index is 1.20. The average Bonchev–Trinajstić information content (AvgIpc) is 2.21. The summed E-state index contributed by atoms with van der Waals surface area (Å²) < 4.78 is 0. The van der Waals surface area contributed by atoms with Crippen LogP contribution in [0.2, 0.25) is 0 Å². The highest BCUT2D eigenvalue weighted by Crippen LogP contribution is 2.09. The second-order valence-corrected chi connectivity index (χ2v) is 2.22. The molecule has 0 bridgehead atoms. The minimum absolute atomic E-state index is 1.20. The number of rotatable bonds is 0. The Kier molecular flexibility index (Phi) is 3.19. The van der Waals surface area contributed by atoms with Crippen molar-refractivity contribution in [2.75, 3.05) is 0 Å². The second kappa shape index (κ2) is 4.43. The maximum Gasteiger partial charge on any atom is 0.0346 e. The van der Waals surface area contributed by atoms with Crippen LogP contribution in [0.15, 0.2) is 42.7 Å². The summed E-state index contributed by atoms with van der Waals surface area (Å²) in [4.78, 5) is 4.01. The summed E-state index contributed by atoms with van der Waals surface area (Å²) in [6.07, 6.45) is 3.68. The molecule has 0 atom stereocenters. The monoisotopic (exact) mass is 161 g/mol. The van der Waals surface area contributed by atoms with Gasteiger partial charge in [-0.3, -0.25) is 16.7 Å². The maximum atomic E-state index is 4.01. The first kappa shape index (κ1) is 8.64. The van der Waals surface area contributed by atoms with Crippen LogP contribution in [-0.2, 0) is 0 Å². The molecule has 1 aromatic heterocycles. The summed E-state index contributed by atoms with van der Waals surface area (Å²) in [6, 6.07) is 10.2. The Bertz CT molecular complexity index is 281. The highest BCUT2D eigenvalue weighted by molar-refractivity contribution is 5.80. The molecule has 0 fully saturated rings. The summed E-state index contributed by atoms with van der Waals surface area (Å²) in [5.74, 6) is 8.00. The molecule has 1 heterocycles. The Labute approximate surface area is 71.0 Å². The lowest BCUT2D eigenvalue weighted by molar-refractivity contribution is 1.26. The molecular weight excluding hydrogens is 150 g/mol. The van der Waals surface area contributed by atoms with Crippen LogP contribution in [0.3, 0.4) is 0 Å². The van der Waals surface area contributed by atoms with E-state index in [-0.39, 0.29) is 0 Å². The first-order chi connectivity index (χ1) is 5.97. The first-order valence-corrected chi connectivity index (χ1v) is 3.59. The fourth-order valence-corrected chi connectivity index (χ4v) is 1.03. The lowest BCUT2D eigenvalue weighted by Crippen LogP contribution is -2.02. The molecule has 0 unspecified atom stereocenters. The van der Waals surface area contributed by atoms with Gasteiger partial charge in [-0.05, 0) is 16.8 Å². The van der Waals surface area contributed by atoms with Crippen molar-refractivity contribution < 1.29 is 0 Å². The van der Waals surface area contributed by atoms with Gasteiger partial charge in [-0.2, -0.15) is 0 Å². The molecule has 0 saturated heterocycles. The number of pyridine rings is 1. The van der Waals surface area contributed by atoms with Crippen LogP contribution in [0.25, 0.3) is 10.8 Å². The smallest absolute Gasteiger partial charge is 0.0346 e. The van der Waals surface area contributed by atoms with Gasteiger partial charge in [0, 0.05) is 12.4 Å². The van der Waals surface area contributed by atoms with Gasteiger partial charge in [0.05, 0.1) is 0 Å². The molecule has 2 aromatic rings. The van der Waals surface area contributed by atoms with Crippen LogP contribution >= 0.6 is 0 Å². The van der Waals surface area contributed by atoms with E-state index in [1.54, 1.807) is 0 Å². The van der Waals surface area contributed by atoms with Crippen molar-refractivity contribution >= 4 is 10.8 Å². The predicted octanol–water partition coefficient (Wildman–Crippen LogP) is 1.05. The van der Waals surface area contributed by atoms with Crippen molar-refractivity contribution in [3.05, 3.63) is 42.7 Å². The van der Waals surface area contributed by atoms with Gasteiger partial charge in [-0.25, -0.2) is 0 Å². The fraction of sp³-hybridized carbons (Fsp3) is 0. The Balaban J connectivity index is 0.000000336. The van der Waals surface area contributed by atoms with E-state index in [1.165, 1.54) is 10.8 Å². The first-order valence-electron chi connectivity index (χ1n) is 3.59. The van der Waals surface area contributed by atoms with E-state index in [4.69, 9.17) is 0 Å². The van der Waals surface area contributed by atoms with Crippen LogP contribution in [-0.4, -0.2) is 4.98 Å². The van der Waals surface area contributed by atoms with E-state index in [0.29, 0.717) is 0 Å². The second-order valence-electron chi connectivity index (χ2n) is 2.22. The largest absolute Gasteiger partial charge is 0.274 e. The average molecular weight is 161 g/mol. The standard InChI is InChI=1S/C9H7N.H4N2/c1-2-4-9-7-10-6-5-8(9)3-1;1-2/h1-7H;1-2H2. The van der Waals surface area contributed by atoms with E-state index in [1.807, 2.05) is 30.6 Å². The van der Waals surface area contributed by atoms with Gasteiger partial charge in [-0.1, -0.05) is 24.3 Å². The van der Waals surface area contributed by atoms with Crippen LogP contribution in [0.1, 0.15) is 0 Å². The van der Waals surface area contributed by atoms with Crippen LogP contribution < -0.4 is 11.7 Å². The van der Waals surface area contributed by atoms with E-state index in [9.17, 15) is 0 Å². The van der Waals surface area contributed by atoms with Crippen molar-refractivity contribution in [3.63, 3.8) is 0 Å². The third-order valence-corrected chi connectivity index (χ3v) is 1.55. The van der Waals surface area contributed by atoms with E-state index >= 15 is 0 Å². The molecule has 4 N–H and O–H groups in total. The number of hydrogen-bond donors (Lipinski definition) is 2. The molecular formula is C9H11N3. The minimum Gasteiger partial charge on any atom is -0.274 e. The lowest BCUT2D eigenvalue weighted by Gasteiger charge is -1.91. The molecule has 0 aliphatic rings. The molecule has 2 rings (SSSR count). The molecule has 12 heavy (non-hydrogen) atoms. The van der Waals surface area contributed by atoms with Gasteiger partial charge in [0.1, 0.15) is 0 Å². The fourth-order valence-electron chi connectivity index (χ4n) is 1.03. The summed E-state index contributed by atoms with van der Waals surface area (Å²) in [7, 11) is 0. The van der Waals surface area contributed by atoms with E-state index < -0.39 is 0 Å². The molecule has 0 aliphatic heterocycles. The normalized spacial score (nSPS) is 8.83. The highest BCUT2D eigenvalue weighted by atomic mass is 15.0. The van der Waals surface area contributed by atoms with Gasteiger partial charge in [-0.15, -0.1) is 0 Å². The van der Waals surface area contributed by atoms with Gasteiger partial charge >= 0.3 is 0 Å². The van der Waals surface area contributed by atoms with Crippen molar-refractivity contribution in [2.24, 2.45) is 11.7 Å². The molecule has 3 heteroatoms. The zero-order valence-electron chi connectivity index (χ0n) is 6.64. The highest BCUT2D eigenvalue weighted by Gasteiger charge is 1.86. The SMILES string of the molecule is NN.c1ccc2cnccc2c1. The van der Waals surface area contributed by atoms with Crippen molar-refractivity contribution in [3.8, 4) is 0 Å². The van der Waals surface area contributed by atoms with E-state index in [0.717, 1.165) is 0 Å². The van der Waals surface area contributed by atoms with Crippen LogP contribution in [0.5, 0.6) is 0 Å². The topological polar surface area (TPSA) is 64.9 Å². The van der Waals surface area contributed by atoms with Gasteiger partial charge < -0.3 is 0 Å². The molecule has 0 radical (unpaired) electrons. The number of fused-ring (bicyclic) bond motifs is 1. The summed E-state index contributed by atoms with van der Waals surface area (Å²) in [5.41, 5.74) is 0. The van der Waals surface area contributed by atoms with Gasteiger partial charge in [0.25, 0.3) is 0 Å². The predicted molar refractivity (Wildman–Crippen MR) is 50.1 cm³/mol. The third kappa shape index (κ3) is 1.78. The molecule has 62 valence electrons. The zero-order chi connectivity index (χ0) is 8.81. The Morgan fingerprint density at radius 1 is 0.917 bits per heavy atom. The Morgan fingerprint density at radius 2 is 1.58 bits per heavy atom. The van der Waals surface area contributed by atoms with Crippen molar-refractivity contribution in [1.82, 2.24) is 4.98 Å². The lowest BCUT2D eigenvalue weighted by atomic mass is 10.2. The number of benzene rings is 1. The van der Waals surface area contributed by atoms with Crippen molar-refractivity contribution in [1.29, 1.82) is 0 Å². The number of aromatic nitrogens is 1.